The van der Waals surface area contributed by atoms with Gasteiger partial charge in [-0.3, -0.25) is 19.2 Å². The molecule has 0 N–H and O–H groups in total. The number of methoxy groups -OCH3 is 3. The number of hydrogen-bond acceptors (Lipinski definition) is 8. The van der Waals surface area contributed by atoms with Gasteiger partial charge in [-0.25, -0.2) is 0 Å². The van der Waals surface area contributed by atoms with E-state index in [1.807, 2.05) is 6.92 Å². The van der Waals surface area contributed by atoms with E-state index in [0.717, 1.165) is 18.8 Å². The molecule has 3 aliphatic rings. The lowest BCUT2D eigenvalue weighted by Gasteiger charge is -2.39. The molecule has 1 saturated heterocycles. The fraction of sp³-hybridized carbons (Fsp3) is 0.862. The van der Waals surface area contributed by atoms with E-state index in [1.165, 1.54) is 27.8 Å². The SMILES string of the molecule is C.C.C.CC12CC3CC(OC1=O)C2C3.CCC(C)(CC(C)(CC(C)(C)C(=O)OC)C(=O)OC)C(=O)OC. The highest BCUT2D eigenvalue weighted by atomic mass is 16.6. The highest BCUT2D eigenvalue weighted by Gasteiger charge is 2.64. The Morgan fingerprint density at radius 1 is 0.865 bits per heavy atom. The largest absolute Gasteiger partial charge is 0.469 e. The second-order valence-electron chi connectivity index (χ2n) is 11.7. The van der Waals surface area contributed by atoms with Gasteiger partial charge >= 0.3 is 23.9 Å². The second kappa shape index (κ2) is 13.1. The summed E-state index contributed by atoms with van der Waals surface area (Å²) in [5.74, 6) is 0.182. The molecular weight excluding hydrogens is 476 g/mol. The van der Waals surface area contributed by atoms with Gasteiger partial charge in [-0.15, -0.1) is 0 Å². The van der Waals surface area contributed by atoms with Crippen LogP contribution in [0, 0.1) is 33.5 Å². The highest BCUT2D eigenvalue weighted by molar-refractivity contribution is 5.82. The third-order valence-corrected chi connectivity index (χ3v) is 8.34. The molecule has 6 unspecified atom stereocenters. The van der Waals surface area contributed by atoms with E-state index in [0.29, 0.717) is 18.4 Å². The molecule has 1 aliphatic heterocycles. The Bertz CT molecular complexity index is 821. The predicted molar refractivity (Wildman–Crippen MR) is 145 cm³/mol. The molecule has 0 spiro atoms. The molecule has 0 amide bonds. The first kappa shape index (κ1) is 37.0. The summed E-state index contributed by atoms with van der Waals surface area (Å²) in [5.41, 5.74) is -2.83. The van der Waals surface area contributed by atoms with E-state index < -0.39 is 28.2 Å². The van der Waals surface area contributed by atoms with E-state index in [4.69, 9.17) is 18.9 Å². The minimum Gasteiger partial charge on any atom is -0.469 e. The van der Waals surface area contributed by atoms with Crippen LogP contribution in [-0.2, 0) is 38.1 Å². The Morgan fingerprint density at radius 2 is 1.35 bits per heavy atom. The van der Waals surface area contributed by atoms with Gasteiger partial charge in [-0.2, -0.15) is 0 Å². The highest BCUT2D eigenvalue weighted by Crippen LogP contribution is 2.61. The molecule has 2 aliphatic carbocycles. The summed E-state index contributed by atoms with van der Waals surface area (Å²) in [4.78, 5) is 47.9. The van der Waals surface area contributed by atoms with Crippen molar-refractivity contribution >= 4 is 23.9 Å². The monoisotopic (exact) mass is 530 g/mol. The zero-order valence-corrected chi connectivity index (χ0v) is 22.2. The first-order valence-electron chi connectivity index (χ1n) is 12.1. The zero-order chi connectivity index (χ0) is 26.1. The maximum Gasteiger partial charge on any atom is 0.312 e. The van der Waals surface area contributed by atoms with Crippen LogP contribution in [-0.4, -0.2) is 51.3 Å². The molecule has 2 bridgehead atoms. The summed E-state index contributed by atoms with van der Waals surface area (Å²) in [6.45, 7) is 10.8. The molecule has 6 atom stereocenters. The van der Waals surface area contributed by atoms with Gasteiger partial charge in [-0.1, -0.05) is 29.2 Å². The third-order valence-electron chi connectivity index (χ3n) is 8.34. The fourth-order valence-electron chi connectivity index (χ4n) is 6.55. The number of ether oxygens (including phenoxy) is 4. The van der Waals surface area contributed by atoms with Crippen LogP contribution in [0.1, 0.15) is 102 Å². The van der Waals surface area contributed by atoms with Crippen molar-refractivity contribution in [3.05, 3.63) is 0 Å². The van der Waals surface area contributed by atoms with Crippen LogP contribution in [0.25, 0.3) is 0 Å². The lowest BCUT2D eigenvalue weighted by Crippen LogP contribution is -2.43. The average molecular weight is 531 g/mol. The minimum absolute atomic E-state index is 0. The van der Waals surface area contributed by atoms with Gasteiger partial charge < -0.3 is 18.9 Å². The van der Waals surface area contributed by atoms with E-state index in [9.17, 15) is 19.2 Å². The number of esters is 4. The lowest BCUT2D eigenvalue weighted by atomic mass is 9.65. The number of rotatable bonds is 8. The van der Waals surface area contributed by atoms with Crippen LogP contribution in [0.15, 0.2) is 0 Å². The van der Waals surface area contributed by atoms with Crippen molar-refractivity contribution in [2.24, 2.45) is 33.5 Å². The van der Waals surface area contributed by atoms with Gasteiger partial charge in [0.1, 0.15) is 6.10 Å². The summed E-state index contributed by atoms with van der Waals surface area (Å²) in [5, 5.41) is 0. The van der Waals surface area contributed by atoms with E-state index in [1.54, 1.807) is 27.7 Å². The van der Waals surface area contributed by atoms with Crippen molar-refractivity contribution in [1.29, 1.82) is 0 Å². The van der Waals surface area contributed by atoms with Crippen LogP contribution in [0.3, 0.4) is 0 Å². The molecule has 8 nitrogen and oxygen atoms in total. The van der Waals surface area contributed by atoms with Crippen molar-refractivity contribution in [3.63, 3.8) is 0 Å². The fourth-order valence-corrected chi connectivity index (χ4v) is 6.55. The van der Waals surface area contributed by atoms with Gasteiger partial charge in [0.2, 0.25) is 0 Å². The molecule has 0 radical (unpaired) electrons. The molecule has 0 aromatic rings. The Labute approximate surface area is 225 Å². The maximum absolute atomic E-state index is 12.4. The van der Waals surface area contributed by atoms with Gasteiger partial charge in [0.15, 0.2) is 0 Å². The van der Waals surface area contributed by atoms with Gasteiger partial charge in [0, 0.05) is 5.92 Å². The van der Waals surface area contributed by atoms with Crippen molar-refractivity contribution in [2.45, 2.75) is 108 Å². The summed E-state index contributed by atoms with van der Waals surface area (Å²) in [6.07, 6.45) is 4.70. The minimum atomic E-state index is -1.02. The van der Waals surface area contributed by atoms with E-state index in [-0.39, 0.29) is 52.5 Å². The van der Waals surface area contributed by atoms with E-state index >= 15 is 0 Å². The smallest absolute Gasteiger partial charge is 0.312 e. The normalized spacial score (nSPS) is 27.8. The van der Waals surface area contributed by atoms with Crippen molar-refractivity contribution in [3.8, 4) is 0 Å². The summed E-state index contributed by atoms with van der Waals surface area (Å²) in [6, 6.07) is 0. The molecule has 3 fully saturated rings. The topological polar surface area (TPSA) is 105 Å². The number of carbonyl (C=O) groups excluding carboxylic acids is 4. The van der Waals surface area contributed by atoms with Crippen LogP contribution >= 0.6 is 0 Å². The molecule has 0 aromatic heterocycles. The third kappa shape index (κ3) is 7.05. The summed E-state index contributed by atoms with van der Waals surface area (Å²) >= 11 is 0. The summed E-state index contributed by atoms with van der Waals surface area (Å²) < 4.78 is 19.9. The molecule has 1 heterocycles. The maximum atomic E-state index is 12.4. The van der Waals surface area contributed by atoms with Crippen molar-refractivity contribution in [1.82, 2.24) is 0 Å². The van der Waals surface area contributed by atoms with Crippen LogP contribution in [0.2, 0.25) is 0 Å². The average Bonchev–Trinajstić information content (AvgIpc) is 3.37. The van der Waals surface area contributed by atoms with Crippen molar-refractivity contribution < 1.29 is 38.1 Å². The predicted octanol–water partition coefficient (Wildman–Crippen LogP) is 5.99. The lowest BCUT2D eigenvalue weighted by molar-refractivity contribution is -0.165. The molecule has 0 aromatic carbocycles. The number of fused-ring (bicyclic) bond motifs is 1. The second-order valence-corrected chi connectivity index (χ2v) is 11.7. The van der Waals surface area contributed by atoms with Crippen LogP contribution in [0.4, 0.5) is 0 Å². The molecule has 37 heavy (non-hydrogen) atoms. The number of hydrogen-bond donors (Lipinski definition) is 0. The molecule has 2 saturated carbocycles. The number of carbonyl (C=O) groups is 4. The van der Waals surface area contributed by atoms with Gasteiger partial charge in [-0.05, 0) is 79.1 Å². The Balaban J connectivity index is 0. The first-order chi connectivity index (χ1) is 15.6. The molecule has 8 heteroatoms. The van der Waals surface area contributed by atoms with Crippen LogP contribution < -0.4 is 0 Å². The molecular formula is C29H54O8. The molecule has 218 valence electrons. The Hall–Kier alpha value is -2.12. The first-order valence-corrected chi connectivity index (χ1v) is 12.1. The zero-order valence-electron chi connectivity index (χ0n) is 22.2. The van der Waals surface area contributed by atoms with Gasteiger partial charge in [0.25, 0.3) is 0 Å². The van der Waals surface area contributed by atoms with Crippen molar-refractivity contribution in [2.75, 3.05) is 21.3 Å². The Kier molecular flexibility index (Phi) is 13.1. The van der Waals surface area contributed by atoms with E-state index in [2.05, 4.69) is 6.92 Å². The Morgan fingerprint density at radius 3 is 1.73 bits per heavy atom. The molecule has 3 rings (SSSR count). The summed E-state index contributed by atoms with van der Waals surface area (Å²) in [7, 11) is 3.93. The van der Waals surface area contributed by atoms with Crippen LogP contribution in [0.5, 0.6) is 0 Å². The quantitative estimate of drug-likeness (QED) is 0.278. The van der Waals surface area contributed by atoms with Gasteiger partial charge in [0.05, 0.1) is 43.0 Å². The standard InChI is InChI=1S/C17H30O6.C9H12O2.3CH4/c1-9-16(4,13(19)22-7)11-17(5,14(20)23-8)10-15(2,3)12(18)21-6;1-9-4-5-2-6(9)7(3-5)11-8(9)10;;;/h9-11H2,1-8H3;5-7H,2-4H2,1H3;3*1H4.